The Kier molecular flexibility index (Phi) is 8.03. The Morgan fingerprint density at radius 2 is 1.68 bits per heavy atom. The maximum absolute atomic E-state index is 13.3. The van der Waals surface area contributed by atoms with Gasteiger partial charge >= 0.3 is 0 Å². The number of benzene rings is 2. The van der Waals surface area contributed by atoms with E-state index >= 15 is 0 Å². The highest BCUT2D eigenvalue weighted by Crippen LogP contribution is 2.27. The summed E-state index contributed by atoms with van der Waals surface area (Å²) in [5.41, 5.74) is 0.104. The second-order valence-corrected chi connectivity index (χ2v) is 9.01. The largest absolute Gasteiger partial charge is 0.350 e. The molecule has 0 spiro atoms. The molecule has 2 aromatic rings. The number of amides is 2. The van der Waals surface area contributed by atoms with E-state index in [0.29, 0.717) is 15.6 Å². The van der Waals surface area contributed by atoms with Crippen molar-refractivity contribution in [3.8, 4) is 0 Å². The first-order valence-corrected chi connectivity index (χ1v) is 10.4. The SMILES string of the molecule is CC(C(=O)NC(C)(C)C)N(Cc1c(Cl)cccc1Cl)C(=O)Cc1ccccc1[N+](=O)[O-]. The molecule has 0 aliphatic heterocycles. The normalized spacial score (nSPS) is 12.2. The van der Waals surface area contributed by atoms with Crippen molar-refractivity contribution in [3.63, 3.8) is 0 Å². The fraction of sp³-hybridized carbons (Fsp3) is 0.364. The van der Waals surface area contributed by atoms with Gasteiger partial charge in [-0.25, -0.2) is 0 Å². The quantitative estimate of drug-likeness (QED) is 0.470. The van der Waals surface area contributed by atoms with Gasteiger partial charge in [-0.1, -0.05) is 47.5 Å². The van der Waals surface area contributed by atoms with E-state index < -0.39 is 22.4 Å². The first-order chi connectivity index (χ1) is 14.4. The van der Waals surface area contributed by atoms with Crippen LogP contribution in [-0.4, -0.2) is 33.2 Å². The molecule has 2 amide bonds. The lowest BCUT2D eigenvalue weighted by Crippen LogP contribution is -2.52. The topological polar surface area (TPSA) is 92.6 Å². The lowest BCUT2D eigenvalue weighted by Gasteiger charge is -2.32. The van der Waals surface area contributed by atoms with Crippen LogP contribution >= 0.6 is 23.2 Å². The summed E-state index contributed by atoms with van der Waals surface area (Å²) in [5.74, 6) is -0.812. The van der Waals surface area contributed by atoms with Crippen molar-refractivity contribution in [1.29, 1.82) is 0 Å². The van der Waals surface area contributed by atoms with Crippen LogP contribution in [0.1, 0.15) is 38.8 Å². The summed E-state index contributed by atoms with van der Waals surface area (Å²) < 4.78 is 0. The molecule has 1 unspecified atom stereocenters. The molecule has 7 nitrogen and oxygen atoms in total. The van der Waals surface area contributed by atoms with Gasteiger partial charge in [0.05, 0.1) is 11.3 Å². The van der Waals surface area contributed by atoms with E-state index in [0.717, 1.165) is 0 Å². The van der Waals surface area contributed by atoms with Gasteiger partial charge < -0.3 is 10.2 Å². The number of hydrogen-bond donors (Lipinski definition) is 1. The Bertz CT molecular complexity index is 969. The molecular formula is C22H25Cl2N3O4. The third-order valence-corrected chi connectivity index (χ3v) is 5.29. The van der Waals surface area contributed by atoms with Gasteiger partial charge in [0.2, 0.25) is 11.8 Å². The average Bonchev–Trinajstić information content (AvgIpc) is 2.66. The third kappa shape index (κ3) is 6.67. The monoisotopic (exact) mass is 465 g/mol. The summed E-state index contributed by atoms with van der Waals surface area (Å²) in [6.07, 6.45) is -0.244. The van der Waals surface area contributed by atoms with E-state index in [9.17, 15) is 19.7 Å². The van der Waals surface area contributed by atoms with E-state index in [1.807, 2.05) is 20.8 Å². The van der Waals surface area contributed by atoms with Crippen LogP contribution in [0.2, 0.25) is 10.0 Å². The zero-order chi connectivity index (χ0) is 23.3. The molecule has 0 heterocycles. The molecule has 1 atom stereocenters. The number of rotatable bonds is 7. The molecule has 2 aromatic carbocycles. The summed E-state index contributed by atoms with van der Waals surface area (Å²) in [6.45, 7) is 7.09. The van der Waals surface area contributed by atoms with Gasteiger partial charge in [0.25, 0.3) is 5.69 Å². The minimum Gasteiger partial charge on any atom is -0.350 e. The van der Waals surface area contributed by atoms with Crippen molar-refractivity contribution >= 4 is 40.7 Å². The number of hydrogen-bond acceptors (Lipinski definition) is 4. The van der Waals surface area contributed by atoms with Gasteiger partial charge in [0.15, 0.2) is 0 Å². The molecule has 0 radical (unpaired) electrons. The minimum atomic E-state index is -0.859. The number of nitro benzene ring substituents is 1. The van der Waals surface area contributed by atoms with Crippen LogP contribution in [0.15, 0.2) is 42.5 Å². The zero-order valence-electron chi connectivity index (χ0n) is 17.8. The van der Waals surface area contributed by atoms with E-state index in [1.54, 1.807) is 31.2 Å². The van der Waals surface area contributed by atoms with Crippen molar-refractivity contribution in [2.45, 2.75) is 52.2 Å². The highest BCUT2D eigenvalue weighted by Gasteiger charge is 2.30. The van der Waals surface area contributed by atoms with Crippen LogP contribution in [0.3, 0.4) is 0 Å². The van der Waals surface area contributed by atoms with Crippen LogP contribution < -0.4 is 5.32 Å². The molecule has 0 aromatic heterocycles. The highest BCUT2D eigenvalue weighted by molar-refractivity contribution is 6.36. The van der Waals surface area contributed by atoms with Crippen molar-refractivity contribution in [1.82, 2.24) is 10.2 Å². The van der Waals surface area contributed by atoms with Crippen LogP contribution in [-0.2, 0) is 22.6 Å². The second-order valence-electron chi connectivity index (χ2n) is 8.20. The molecule has 2 rings (SSSR count). The van der Waals surface area contributed by atoms with E-state index in [4.69, 9.17) is 23.2 Å². The van der Waals surface area contributed by atoms with Crippen LogP contribution in [0, 0.1) is 10.1 Å². The van der Waals surface area contributed by atoms with Crippen LogP contribution in [0.25, 0.3) is 0 Å². The number of carbonyl (C=O) groups is 2. The highest BCUT2D eigenvalue weighted by atomic mass is 35.5. The first-order valence-electron chi connectivity index (χ1n) is 9.67. The molecule has 166 valence electrons. The summed E-state index contributed by atoms with van der Waals surface area (Å²) in [5, 5.41) is 14.9. The van der Waals surface area contributed by atoms with Crippen molar-refractivity contribution < 1.29 is 14.5 Å². The second kappa shape index (κ2) is 10.1. The summed E-state index contributed by atoms with van der Waals surface area (Å²) >= 11 is 12.6. The number of carbonyl (C=O) groups excluding carboxylic acids is 2. The van der Waals surface area contributed by atoms with Gasteiger partial charge in [0.1, 0.15) is 6.04 Å². The first kappa shape index (κ1) is 24.6. The smallest absolute Gasteiger partial charge is 0.273 e. The lowest BCUT2D eigenvalue weighted by molar-refractivity contribution is -0.385. The van der Waals surface area contributed by atoms with E-state index in [1.165, 1.54) is 23.1 Å². The van der Waals surface area contributed by atoms with Crippen LogP contribution in [0.4, 0.5) is 5.69 Å². The maximum atomic E-state index is 13.3. The molecule has 0 bridgehead atoms. The number of para-hydroxylation sites is 1. The summed E-state index contributed by atoms with van der Waals surface area (Å²) in [7, 11) is 0. The van der Waals surface area contributed by atoms with E-state index in [-0.39, 0.29) is 30.1 Å². The molecule has 0 fully saturated rings. The number of nitrogens with one attached hydrogen (secondary N) is 1. The summed E-state index contributed by atoms with van der Waals surface area (Å²) in [4.78, 5) is 38.2. The van der Waals surface area contributed by atoms with Crippen LogP contribution in [0.5, 0.6) is 0 Å². The molecule has 0 aliphatic rings. The van der Waals surface area contributed by atoms with Gasteiger partial charge in [-0.3, -0.25) is 19.7 Å². The number of nitrogens with zero attached hydrogens (tertiary/aromatic N) is 2. The molecule has 1 N–H and O–H groups in total. The Morgan fingerprint density at radius 1 is 1.10 bits per heavy atom. The number of nitro groups is 1. The van der Waals surface area contributed by atoms with E-state index in [2.05, 4.69) is 5.32 Å². The Balaban J connectivity index is 2.40. The Morgan fingerprint density at radius 3 is 2.23 bits per heavy atom. The maximum Gasteiger partial charge on any atom is 0.273 e. The predicted molar refractivity (Wildman–Crippen MR) is 121 cm³/mol. The molecule has 0 saturated carbocycles. The Labute approximate surface area is 191 Å². The van der Waals surface area contributed by atoms with Gasteiger partial charge in [0, 0.05) is 39.3 Å². The fourth-order valence-electron chi connectivity index (χ4n) is 3.01. The van der Waals surface area contributed by atoms with Gasteiger partial charge in [-0.15, -0.1) is 0 Å². The average molecular weight is 466 g/mol. The van der Waals surface area contributed by atoms with Crippen molar-refractivity contribution in [2.24, 2.45) is 0 Å². The molecule has 0 aliphatic carbocycles. The molecule has 31 heavy (non-hydrogen) atoms. The molecule has 0 saturated heterocycles. The minimum absolute atomic E-state index is 0.0172. The predicted octanol–water partition coefficient (Wildman–Crippen LogP) is 4.78. The van der Waals surface area contributed by atoms with Gasteiger partial charge in [-0.05, 0) is 39.8 Å². The van der Waals surface area contributed by atoms with Gasteiger partial charge in [-0.2, -0.15) is 0 Å². The summed E-state index contributed by atoms with van der Waals surface area (Å²) in [6, 6.07) is 10.1. The number of halogens is 2. The molecule has 9 heteroatoms. The lowest BCUT2D eigenvalue weighted by atomic mass is 10.1. The zero-order valence-corrected chi connectivity index (χ0v) is 19.3. The third-order valence-electron chi connectivity index (χ3n) is 4.59. The van der Waals surface area contributed by atoms with Crippen molar-refractivity contribution in [2.75, 3.05) is 0 Å². The van der Waals surface area contributed by atoms with Crippen molar-refractivity contribution in [3.05, 3.63) is 73.8 Å². The molecular weight excluding hydrogens is 441 g/mol. The standard InChI is InChI=1S/C22H25Cl2N3O4/c1-14(21(29)25-22(2,3)4)26(13-16-17(23)9-7-10-18(16)24)20(28)12-15-8-5-6-11-19(15)27(30)31/h5-11,14H,12-13H2,1-4H3,(H,25,29). The Hall–Kier alpha value is -2.64. The fourth-order valence-corrected chi connectivity index (χ4v) is 3.53.